The Morgan fingerprint density at radius 3 is 2.38 bits per heavy atom. The molecule has 0 aromatic heterocycles. The van der Waals surface area contributed by atoms with Crippen LogP contribution in [0.4, 0.5) is 5.69 Å². The van der Waals surface area contributed by atoms with Gasteiger partial charge in [-0.25, -0.2) is 0 Å². The molecule has 0 unspecified atom stereocenters. The Bertz CT molecular complexity index is 920. The van der Waals surface area contributed by atoms with Gasteiger partial charge in [-0.2, -0.15) is 0 Å². The molecule has 29 heavy (non-hydrogen) atoms. The topological polar surface area (TPSA) is 67.9 Å². The highest BCUT2D eigenvalue weighted by Gasteiger charge is 2.13. The average Bonchev–Trinajstić information content (AvgIpc) is 2.68. The molecule has 2 amide bonds. The van der Waals surface area contributed by atoms with Crippen LogP contribution in [0.1, 0.15) is 16.7 Å². The Morgan fingerprint density at radius 2 is 1.79 bits per heavy atom. The lowest BCUT2D eigenvalue weighted by atomic mass is 10.1. The quantitative estimate of drug-likeness (QED) is 0.690. The third-order valence-electron chi connectivity index (χ3n) is 4.38. The van der Waals surface area contributed by atoms with Gasteiger partial charge in [0.05, 0.1) is 25.8 Å². The molecule has 0 saturated carbocycles. The minimum absolute atomic E-state index is 0.0658. The molecule has 0 spiro atoms. The molecule has 154 valence electrons. The Morgan fingerprint density at radius 1 is 1.14 bits per heavy atom. The molecule has 0 aliphatic carbocycles. The van der Waals surface area contributed by atoms with Crippen molar-refractivity contribution in [1.82, 2.24) is 4.90 Å². The number of amides is 2. The monoisotopic (exact) mass is 416 g/mol. The standard InChI is InChI=1S/C22H25ClN2O4/c1-14-7-6-8-15(2)21(14)24-19(26)13-25(3)20(27)10-9-16-11-17(23)22(29-5)18(12-16)28-4/h6-12H,13H2,1-5H3,(H,24,26)/b10-9+. The summed E-state index contributed by atoms with van der Waals surface area (Å²) in [4.78, 5) is 26.0. The predicted octanol–water partition coefficient (Wildman–Crippen LogP) is 4.08. The maximum Gasteiger partial charge on any atom is 0.246 e. The number of ether oxygens (including phenoxy) is 2. The van der Waals surface area contributed by atoms with Crippen LogP contribution in [0.3, 0.4) is 0 Å². The van der Waals surface area contributed by atoms with Crippen molar-refractivity contribution < 1.29 is 19.1 Å². The molecule has 2 rings (SSSR count). The van der Waals surface area contributed by atoms with Gasteiger partial charge in [0.1, 0.15) is 0 Å². The summed E-state index contributed by atoms with van der Waals surface area (Å²) in [6.07, 6.45) is 2.99. The van der Waals surface area contributed by atoms with Crippen molar-refractivity contribution in [1.29, 1.82) is 0 Å². The molecular formula is C22H25ClN2O4. The highest BCUT2D eigenvalue weighted by atomic mass is 35.5. The molecule has 2 aromatic rings. The van der Waals surface area contributed by atoms with Crippen molar-refractivity contribution in [3.05, 3.63) is 58.1 Å². The summed E-state index contributed by atoms with van der Waals surface area (Å²) in [7, 11) is 4.58. The fraction of sp³-hybridized carbons (Fsp3) is 0.273. The fourth-order valence-electron chi connectivity index (χ4n) is 2.81. The van der Waals surface area contributed by atoms with Crippen LogP contribution in [0.15, 0.2) is 36.4 Å². The van der Waals surface area contributed by atoms with Gasteiger partial charge in [0.2, 0.25) is 11.8 Å². The van der Waals surface area contributed by atoms with Crippen LogP contribution in [0.5, 0.6) is 11.5 Å². The van der Waals surface area contributed by atoms with E-state index in [1.54, 1.807) is 25.3 Å². The van der Waals surface area contributed by atoms with E-state index in [-0.39, 0.29) is 18.4 Å². The van der Waals surface area contributed by atoms with Gasteiger partial charge in [-0.3, -0.25) is 9.59 Å². The molecule has 7 heteroatoms. The first-order valence-electron chi connectivity index (χ1n) is 8.97. The van der Waals surface area contributed by atoms with Gasteiger partial charge in [0.15, 0.2) is 11.5 Å². The van der Waals surface area contributed by atoms with E-state index in [9.17, 15) is 9.59 Å². The van der Waals surface area contributed by atoms with Crippen LogP contribution in [0.2, 0.25) is 5.02 Å². The van der Waals surface area contributed by atoms with Crippen molar-refractivity contribution in [2.75, 3.05) is 33.1 Å². The van der Waals surface area contributed by atoms with Crippen molar-refractivity contribution in [3.8, 4) is 11.5 Å². The molecule has 6 nitrogen and oxygen atoms in total. The van der Waals surface area contributed by atoms with E-state index in [0.29, 0.717) is 22.1 Å². The Labute approximate surface area is 176 Å². The number of methoxy groups -OCH3 is 2. The van der Waals surface area contributed by atoms with E-state index in [2.05, 4.69) is 5.32 Å². The number of carbonyl (C=O) groups is 2. The van der Waals surface area contributed by atoms with Gasteiger partial charge in [0, 0.05) is 18.8 Å². The molecule has 0 fully saturated rings. The SMILES string of the molecule is COc1cc(/C=C/C(=O)N(C)CC(=O)Nc2c(C)cccc2C)cc(Cl)c1OC. The fourth-order valence-corrected chi connectivity index (χ4v) is 3.11. The van der Waals surface area contributed by atoms with Gasteiger partial charge >= 0.3 is 0 Å². The largest absolute Gasteiger partial charge is 0.493 e. The Hall–Kier alpha value is -2.99. The molecule has 1 N–H and O–H groups in total. The second-order valence-electron chi connectivity index (χ2n) is 6.58. The van der Waals surface area contributed by atoms with Crippen LogP contribution in [-0.4, -0.2) is 44.5 Å². The number of carbonyl (C=O) groups excluding carboxylic acids is 2. The number of aryl methyl sites for hydroxylation is 2. The van der Waals surface area contributed by atoms with Gasteiger partial charge in [0.25, 0.3) is 0 Å². The first-order chi connectivity index (χ1) is 13.8. The van der Waals surface area contributed by atoms with Crippen molar-refractivity contribution in [3.63, 3.8) is 0 Å². The maximum atomic E-state index is 12.4. The van der Waals surface area contributed by atoms with Crippen molar-refractivity contribution in [2.45, 2.75) is 13.8 Å². The summed E-state index contributed by atoms with van der Waals surface area (Å²) in [5.41, 5.74) is 3.39. The smallest absolute Gasteiger partial charge is 0.246 e. The van der Waals surface area contributed by atoms with E-state index in [1.165, 1.54) is 25.2 Å². The highest BCUT2D eigenvalue weighted by Crippen LogP contribution is 2.36. The van der Waals surface area contributed by atoms with E-state index >= 15 is 0 Å². The lowest BCUT2D eigenvalue weighted by Gasteiger charge is -2.17. The predicted molar refractivity (Wildman–Crippen MR) is 116 cm³/mol. The number of halogens is 1. The lowest BCUT2D eigenvalue weighted by Crippen LogP contribution is -2.34. The van der Waals surface area contributed by atoms with Crippen LogP contribution in [0, 0.1) is 13.8 Å². The van der Waals surface area contributed by atoms with E-state index in [1.807, 2.05) is 32.0 Å². The number of likely N-dealkylation sites (N-methyl/N-ethyl adjacent to an activating group) is 1. The van der Waals surface area contributed by atoms with Gasteiger partial charge in [-0.05, 0) is 48.7 Å². The van der Waals surface area contributed by atoms with E-state index < -0.39 is 0 Å². The second-order valence-corrected chi connectivity index (χ2v) is 6.99. The molecule has 0 saturated heterocycles. The van der Waals surface area contributed by atoms with Crippen LogP contribution >= 0.6 is 11.6 Å². The zero-order valence-corrected chi connectivity index (χ0v) is 18.0. The first-order valence-corrected chi connectivity index (χ1v) is 9.35. The summed E-state index contributed by atoms with van der Waals surface area (Å²) < 4.78 is 10.4. The number of rotatable bonds is 7. The third kappa shape index (κ3) is 5.74. The normalized spacial score (nSPS) is 10.7. The van der Waals surface area contributed by atoms with Crippen molar-refractivity contribution >= 4 is 35.2 Å². The van der Waals surface area contributed by atoms with E-state index in [0.717, 1.165) is 16.8 Å². The summed E-state index contributed by atoms with van der Waals surface area (Å²) >= 11 is 6.18. The number of hydrogen-bond acceptors (Lipinski definition) is 4. The number of nitrogens with zero attached hydrogens (tertiary/aromatic N) is 1. The van der Waals surface area contributed by atoms with Gasteiger partial charge in [-0.1, -0.05) is 29.8 Å². The second kappa shape index (κ2) is 9.98. The first kappa shape index (κ1) is 22.3. The molecular weight excluding hydrogens is 392 g/mol. The molecule has 2 aromatic carbocycles. The number of hydrogen-bond donors (Lipinski definition) is 1. The van der Waals surface area contributed by atoms with E-state index in [4.69, 9.17) is 21.1 Å². The van der Waals surface area contributed by atoms with Gasteiger partial charge < -0.3 is 19.7 Å². The minimum atomic E-state index is -0.312. The molecule has 0 radical (unpaired) electrons. The average molecular weight is 417 g/mol. The molecule has 0 bridgehead atoms. The molecule has 0 aliphatic rings. The Kier molecular flexibility index (Phi) is 7.67. The third-order valence-corrected chi connectivity index (χ3v) is 4.66. The summed E-state index contributed by atoms with van der Waals surface area (Å²) in [6.45, 7) is 3.78. The maximum absolute atomic E-state index is 12.4. The molecule has 0 atom stereocenters. The Balaban J connectivity index is 2.03. The van der Waals surface area contributed by atoms with Gasteiger partial charge in [-0.15, -0.1) is 0 Å². The highest BCUT2D eigenvalue weighted by molar-refractivity contribution is 6.32. The zero-order valence-electron chi connectivity index (χ0n) is 17.2. The van der Waals surface area contributed by atoms with Crippen LogP contribution in [-0.2, 0) is 9.59 Å². The lowest BCUT2D eigenvalue weighted by molar-refractivity contribution is -0.129. The zero-order chi connectivity index (χ0) is 21.6. The minimum Gasteiger partial charge on any atom is -0.493 e. The number of anilines is 1. The summed E-state index contributed by atoms with van der Waals surface area (Å²) in [5, 5.41) is 3.24. The summed E-state index contributed by atoms with van der Waals surface area (Å²) in [5.74, 6) is 0.319. The van der Waals surface area contributed by atoms with Crippen LogP contribution in [0.25, 0.3) is 6.08 Å². The van der Waals surface area contributed by atoms with Crippen molar-refractivity contribution in [2.24, 2.45) is 0 Å². The summed E-state index contributed by atoms with van der Waals surface area (Å²) in [6, 6.07) is 9.16. The molecule has 0 heterocycles. The van der Waals surface area contributed by atoms with Crippen LogP contribution < -0.4 is 14.8 Å². The number of para-hydroxylation sites is 1. The molecule has 0 aliphatic heterocycles. The number of nitrogens with one attached hydrogen (secondary N) is 1. The number of benzene rings is 2.